The fourth-order valence-corrected chi connectivity index (χ4v) is 4.19. The Hall–Kier alpha value is -4.85. The van der Waals surface area contributed by atoms with E-state index in [1.165, 1.54) is 0 Å². The van der Waals surface area contributed by atoms with Gasteiger partial charge in [0.05, 0.1) is 29.1 Å². The van der Waals surface area contributed by atoms with Gasteiger partial charge in [0, 0.05) is 35.6 Å². The number of carbonyl (C=O) groups is 2. The third-order valence-electron chi connectivity index (χ3n) is 6.04. The molecule has 178 valence electrons. The Kier molecular flexibility index (Phi) is 6.00. The number of amidine groups is 1. The van der Waals surface area contributed by atoms with Gasteiger partial charge in [-0.05, 0) is 55.0 Å². The van der Waals surface area contributed by atoms with Crippen molar-refractivity contribution in [3.8, 4) is 17.0 Å². The molecule has 5 rings (SSSR count). The number of hydrogen-bond acceptors (Lipinski definition) is 7. The second kappa shape index (κ2) is 9.42. The van der Waals surface area contributed by atoms with Gasteiger partial charge in [0.1, 0.15) is 11.6 Å². The first-order valence-corrected chi connectivity index (χ1v) is 11.4. The average Bonchev–Trinajstić information content (AvgIpc) is 3.15. The van der Waals surface area contributed by atoms with Crippen LogP contribution >= 0.6 is 0 Å². The van der Waals surface area contributed by atoms with E-state index in [-0.39, 0.29) is 28.2 Å². The van der Waals surface area contributed by atoms with Crippen LogP contribution in [-0.2, 0) is 6.42 Å². The van der Waals surface area contributed by atoms with E-state index < -0.39 is 11.8 Å². The second-order valence-corrected chi connectivity index (χ2v) is 8.36. The fraction of sp³-hybridized carbons (Fsp3) is 0.107. The fourth-order valence-electron chi connectivity index (χ4n) is 4.19. The minimum Gasteiger partial charge on any atom is -0.491 e. The highest BCUT2D eigenvalue weighted by atomic mass is 16.5. The highest BCUT2D eigenvalue weighted by Crippen LogP contribution is 2.35. The van der Waals surface area contributed by atoms with Crippen LogP contribution in [0.2, 0.25) is 0 Å². The second-order valence-electron chi connectivity index (χ2n) is 8.36. The zero-order chi connectivity index (χ0) is 25.2. The molecule has 8 heteroatoms. The molecule has 0 atom stereocenters. The molecular weight excluding hydrogens is 454 g/mol. The third kappa shape index (κ3) is 4.09. The van der Waals surface area contributed by atoms with Crippen LogP contribution in [0, 0.1) is 12.3 Å². The van der Waals surface area contributed by atoms with Crippen molar-refractivity contribution in [2.45, 2.75) is 13.3 Å². The van der Waals surface area contributed by atoms with Crippen molar-refractivity contribution in [3.05, 3.63) is 107 Å². The number of nitrogens with zero attached hydrogens (tertiary/aromatic N) is 3. The summed E-state index contributed by atoms with van der Waals surface area (Å²) in [6.45, 7) is 2.22. The van der Waals surface area contributed by atoms with E-state index in [2.05, 4.69) is 9.97 Å². The smallest absolute Gasteiger partial charge is 0.267 e. The molecule has 0 fully saturated rings. The summed E-state index contributed by atoms with van der Waals surface area (Å²) in [4.78, 5) is 35.7. The van der Waals surface area contributed by atoms with Crippen LogP contribution in [0.3, 0.4) is 0 Å². The summed E-state index contributed by atoms with van der Waals surface area (Å²) in [7, 11) is 0. The van der Waals surface area contributed by atoms with Crippen molar-refractivity contribution >= 4 is 23.3 Å². The van der Waals surface area contributed by atoms with Gasteiger partial charge < -0.3 is 10.5 Å². The third-order valence-corrected chi connectivity index (χ3v) is 6.04. The maximum atomic E-state index is 13.0. The summed E-state index contributed by atoms with van der Waals surface area (Å²) in [5, 5.41) is 8.84. The molecule has 0 spiro atoms. The number of hydrogen-bond donors (Lipinski definition) is 2. The van der Waals surface area contributed by atoms with E-state index in [0.717, 1.165) is 16.2 Å². The Bertz CT molecular complexity index is 1470. The molecule has 0 bridgehead atoms. The predicted molar refractivity (Wildman–Crippen MR) is 136 cm³/mol. The maximum Gasteiger partial charge on any atom is 0.267 e. The molecule has 2 aromatic carbocycles. The number of nitrogen functional groups attached to an aromatic ring is 1. The summed E-state index contributed by atoms with van der Waals surface area (Å²) in [5.41, 5.74) is 10.5. The lowest BCUT2D eigenvalue weighted by Crippen LogP contribution is -2.36. The molecule has 36 heavy (non-hydrogen) atoms. The Labute approximate surface area is 207 Å². The molecule has 0 radical (unpaired) electrons. The van der Waals surface area contributed by atoms with Crippen LogP contribution in [0.1, 0.15) is 37.5 Å². The van der Waals surface area contributed by atoms with Crippen LogP contribution in [0.25, 0.3) is 11.3 Å². The summed E-state index contributed by atoms with van der Waals surface area (Å²) in [5.74, 6) is -1.09. The summed E-state index contributed by atoms with van der Waals surface area (Å²) in [6, 6.07) is 19.4. The number of aryl methyl sites for hydroxylation is 1. The van der Waals surface area contributed by atoms with E-state index >= 15 is 0 Å². The first-order valence-electron chi connectivity index (χ1n) is 11.4. The van der Waals surface area contributed by atoms with Gasteiger partial charge in [-0.1, -0.05) is 24.3 Å². The Morgan fingerprint density at radius 1 is 0.944 bits per heavy atom. The summed E-state index contributed by atoms with van der Waals surface area (Å²) < 4.78 is 6.03. The van der Waals surface area contributed by atoms with Crippen molar-refractivity contribution in [3.63, 3.8) is 0 Å². The molecule has 0 saturated heterocycles. The number of anilines is 1. The zero-order valence-electron chi connectivity index (χ0n) is 19.6. The first kappa shape index (κ1) is 22.9. The number of fused-ring (bicyclic) bond motifs is 1. The molecule has 2 amide bonds. The van der Waals surface area contributed by atoms with Crippen molar-refractivity contribution in [1.82, 2.24) is 14.9 Å². The van der Waals surface area contributed by atoms with Crippen molar-refractivity contribution < 1.29 is 14.3 Å². The molecule has 8 nitrogen and oxygen atoms in total. The van der Waals surface area contributed by atoms with Crippen molar-refractivity contribution in [1.29, 1.82) is 5.41 Å². The molecule has 0 unspecified atom stereocenters. The lowest BCUT2D eigenvalue weighted by atomic mass is 10.0. The van der Waals surface area contributed by atoms with Crippen LogP contribution in [0.5, 0.6) is 5.75 Å². The van der Waals surface area contributed by atoms with Crippen LogP contribution in [0.4, 0.5) is 5.69 Å². The largest absolute Gasteiger partial charge is 0.491 e. The van der Waals surface area contributed by atoms with Gasteiger partial charge in [-0.3, -0.25) is 25.0 Å². The minimum atomic E-state index is -0.558. The number of aromatic nitrogens is 2. The van der Waals surface area contributed by atoms with Gasteiger partial charge in [0.25, 0.3) is 11.8 Å². The predicted octanol–water partition coefficient (Wildman–Crippen LogP) is 4.28. The number of benzene rings is 2. The van der Waals surface area contributed by atoms with Gasteiger partial charge in [-0.25, -0.2) is 4.90 Å². The summed E-state index contributed by atoms with van der Waals surface area (Å²) in [6.07, 6.45) is 3.95. The molecular formula is C28H23N5O3. The molecule has 3 heterocycles. The highest BCUT2D eigenvalue weighted by Gasteiger charge is 2.39. The van der Waals surface area contributed by atoms with E-state index in [1.807, 2.05) is 37.3 Å². The van der Waals surface area contributed by atoms with Gasteiger partial charge in [0.2, 0.25) is 0 Å². The Balaban J connectivity index is 1.53. The van der Waals surface area contributed by atoms with Gasteiger partial charge in [-0.15, -0.1) is 0 Å². The minimum absolute atomic E-state index is 0.162. The molecule has 1 aliphatic rings. The van der Waals surface area contributed by atoms with E-state index in [1.54, 1.807) is 48.8 Å². The number of amides is 2. The quantitative estimate of drug-likeness (QED) is 0.185. The first-order chi connectivity index (χ1) is 17.5. The van der Waals surface area contributed by atoms with Crippen LogP contribution in [0.15, 0.2) is 79.1 Å². The monoisotopic (exact) mass is 477 g/mol. The van der Waals surface area contributed by atoms with Crippen molar-refractivity contribution in [2.24, 2.45) is 0 Å². The zero-order valence-corrected chi connectivity index (χ0v) is 19.6. The number of nitrogens with two attached hydrogens (primary N) is 1. The molecule has 3 N–H and O–H groups in total. The molecule has 1 aliphatic heterocycles. The Morgan fingerprint density at radius 3 is 2.31 bits per heavy atom. The van der Waals surface area contributed by atoms with Gasteiger partial charge >= 0.3 is 0 Å². The van der Waals surface area contributed by atoms with Crippen molar-refractivity contribution in [2.75, 3.05) is 12.3 Å². The van der Waals surface area contributed by atoms with E-state index in [4.69, 9.17) is 15.9 Å². The lowest BCUT2D eigenvalue weighted by Gasteiger charge is -2.20. The number of ether oxygens (including phenoxy) is 1. The van der Waals surface area contributed by atoms with Crippen LogP contribution < -0.4 is 10.5 Å². The molecule has 0 aliphatic carbocycles. The van der Waals surface area contributed by atoms with Crippen LogP contribution in [-0.4, -0.2) is 39.1 Å². The number of pyridine rings is 2. The van der Waals surface area contributed by atoms with Gasteiger partial charge in [0.15, 0.2) is 0 Å². The number of rotatable bonds is 6. The topological polar surface area (TPSA) is 122 Å². The number of imide groups is 1. The summed E-state index contributed by atoms with van der Waals surface area (Å²) >= 11 is 0. The number of carbonyl (C=O) groups excluding carboxylic acids is 2. The SMILES string of the molecule is Cc1cccnc1-c1cc(OCCc2ccccn2)c(N)c(C(=N)N2C(=O)c3ccccc3C2=O)c1. The van der Waals surface area contributed by atoms with E-state index in [9.17, 15) is 9.59 Å². The maximum absolute atomic E-state index is 13.0. The number of nitrogens with one attached hydrogen (secondary N) is 1. The molecule has 0 saturated carbocycles. The average molecular weight is 478 g/mol. The lowest BCUT2D eigenvalue weighted by molar-refractivity contribution is 0.0748. The normalized spacial score (nSPS) is 12.5. The van der Waals surface area contributed by atoms with E-state index in [0.29, 0.717) is 30.0 Å². The molecule has 2 aromatic heterocycles. The molecule has 4 aromatic rings. The standard InChI is InChI=1S/C28H23N5O3/c1-17-7-6-13-32-25(17)18-15-22(24(29)23(16-18)36-14-11-19-8-4-5-12-31-19)26(30)33-27(34)20-9-2-3-10-21(20)28(33)35/h2-10,12-13,15-16,30H,11,14,29H2,1H3. The van der Waals surface area contributed by atoms with Gasteiger partial charge in [-0.2, -0.15) is 0 Å². The Morgan fingerprint density at radius 2 is 1.64 bits per heavy atom. The highest BCUT2D eigenvalue weighted by molar-refractivity contribution is 6.32.